The number of hydrogen-bond donors (Lipinski definition) is 2. The Morgan fingerprint density at radius 1 is 1.07 bits per heavy atom. The lowest BCUT2D eigenvalue weighted by Gasteiger charge is -2.32. The Balaban J connectivity index is 1.14. The summed E-state index contributed by atoms with van der Waals surface area (Å²) in [5.41, 5.74) is 1.85. The van der Waals surface area contributed by atoms with Gasteiger partial charge in [0, 0.05) is 24.8 Å². The molecule has 2 aliphatic heterocycles. The monoisotopic (exact) mass is 399 g/mol. The summed E-state index contributed by atoms with van der Waals surface area (Å²) in [4.78, 5) is 14.6. The number of benzene rings is 2. The normalized spacial score (nSPS) is 16.6. The molecule has 29 heavy (non-hydrogen) atoms. The Labute approximate surface area is 170 Å². The number of likely N-dealkylation sites (tertiary alicyclic amines) is 1. The minimum atomic E-state index is -0.206. The van der Waals surface area contributed by atoms with Crippen LogP contribution >= 0.6 is 0 Å². The first kappa shape index (κ1) is 19.5. The number of anilines is 1. The molecule has 154 valence electrons. The van der Waals surface area contributed by atoms with Gasteiger partial charge in [0.1, 0.15) is 5.82 Å². The van der Waals surface area contributed by atoms with Crippen molar-refractivity contribution >= 4 is 11.7 Å². The molecule has 4 rings (SSSR count). The highest BCUT2D eigenvalue weighted by molar-refractivity contribution is 5.89. The first-order chi connectivity index (χ1) is 14.2. The predicted octanol–water partition coefficient (Wildman–Crippen LogP) is 3.63. The smallest absolute Gasteiger partial charge is 0.319 e. The van der Waals surface area contributed by atoms with Gasteiger partial charge in [0.05, 0.1) is 0 Å². The molecule has 6 nitrogen and oxygen atoms in total. The average Bonchev–Trinajstić information content (AvgIpc) is 3.20. The molecule has 2 heterocycles. The summed E-state index contributed by atoms with van der Waals surface area (Å²) >= 11 is 0. The Hall–Kier alpha value is -2.80. The van der Waals surface area contributed by atoms with Crippen LogP contribution in [0.2, 0.25) is 0 Å². The molecule has 2 amide bonds. The summed E-state index contributed by atoms with van der Waals surface area (Å²) in [7, 11) is 0. The van der Waals surface area contributed by atoms with E-state index in [0.29, 0.717) is 29.6 Å². The zero-order chi connectivity index (χ0) is 20.1. The van der Waals surface area contributed by atoms with E-state index in [9.17, 15) is 9.18 Å². The Kier molecular flexibility index (Phi) is 6.14. The fourth-order valence-corrected chi connectivity index (χ4v) is 3.74. The quantitative estimate of drug-likeness (QED) is 0.779. The van der Waals surface area contributed by atoms with Gasteiger partial charge in [0.25, 0.3) is 0 Å². The summed E-state index contributed by atoms with van der Waals surface area (Å²) in [6, 6.07) is 11.9. The molecule has 0 bridgehead atoms. The van der Waals surface area contributed by atoms with Gasteiger partial charge >= 0.3 is 6.03 Å². The molecule has 7 heteroatoms. The molecule has 0 unspecified atom stereocenters. The largest absolute Gasteiger partial charge is 0.454 e. The van der Waals surface area contributed by atoms with Crippen molar-refractivity contribution in [1.82, 2.24) is 10.2 Å². The van der Waals surface area contributed by atoms with Crippen LogP contribution in [0, 0.1) is 11.7 Å². The highest BCUT2D eigenvalue weighted by Crippen LogP contribution is 2.34. The lowest BCUT2D eigenvalue weighted by molar-refractivity contribution is 0.174. The van der Waals surface area contributed by atoms with Gasteiger partial charge < -0.3 is 25.0 Å². The molecule has 2 aromatic rings. The van der Waals surface area contributed by atoms with E-state index in [0.717, 1.165) is 44.5 Å². The third-order valence-electron chi connectivity index (χ3n) is 5.52. The number of rotatable bonds is 6. The van der Waals surface area contributed by atoms with Crippen LogP contribution in [0.25, 0.3) is 0 Å². The molecular formula is C22H26FN3O3. The van der Waals surface area contributed by atoms with E-state index in [1.54, 1.807) is 18.2 Å². The Morgan fingerprint density at radius 2 is 1.83 bits per heavy atom. The standard InChI is InChI=1S/C22H26FN3O3/c23-18-3-1-16(2-4-18)7-10-26-11-8-17(9-12-26)14-24-22(27)25-19-5-6-20-21(13-19)29-15-28-20/h1-6,13,17H,7-12,14-15H2,(H2,24,25,27). The number of nitrogens with one attached hydrogen (secondary N) is 2. The second-order valence-electron chi connectivity index (χ2n) is 7.56. The summed E-state index contributed by atoms with van der Waals surface area (Å²) in [6.45, 7) is 3.92. The summed E-state index contributed by atoms with van der Waals surface area (Å²) < 4.78 is 23.6. The number of urea groups is 1. The van der Waals surface area contributed by atoms with Gasteiger partial charge in [-0.1, -0.05) is 12.1 Å². The van der Waals surface area contributed by atoms with Gasteiger partial charge in [-0.3, -0.25) is 0 Å². The first-order valence-electron chi connectivity index (χ1n) is 10.1. The van der Waals surface area contributed by atoms with E-state index < -0.39 is 0 Å². The van der Waals surface area contributed by atoms with Gasteiger partial charge in [0.2, 0.25) is 6.79 Å². The van der Waals surface area contributed by atoms with Crippen molar-refractivity contribution in [3.63, 3.8) is 0 Å². The number of fused-ring (bicyclic) bond motifs is 1. The van der Waals surface area contributed by atoms with Crippen molar-refractivity contribution < 1.29 is 18.7 Å². The molecule has 1 fully saturated rings. The fourth-order valence-electron chi connectivity index (χ4n) is 3.74. The number of nitrogens with zero attached hydrogens (tertiary/aromatic N) is 1. The van der Waals surface area contributed by atoms with E-state index in [4.69, 9.17) is 9.47 Å². The van der Waals surface area contributed by atoms with Gasteiger partial charge in [-0.25, -0.2) is 9.18 Å². The second-order valence-corrected chi connectivity index (χ2v) is 7.56. The fraction of sp³-hybridized carbons (Fsp3) is 0.409. The third kappa shape index (κ3) is 5.38. The van der Waals surface area contributed by atoms with E-state index in [2.05, 4.69) is 15.5 Å². The minimum Gasteiger partial charge on any atom is -0.454 e. The van der Waals surface area contributed by atoms with Gasteiger partial charge in [-0.15, -0.1) is 0 Å². The maximum absolute atomic E-state index is 13.0. The van der Waals surface area contributed by atoms with Crippen molar-refractivity contribution in [2.45, 2.75) is 19.3 Å². The van der Waals surface area contributed by atoms with Gasteiger partial charge in [-0.2, -0.15) is 0 Å². The van der Waals surface area contributed by atoms with Crippen molar-refractivity contribution in [3.05, 3.63) is 53.8 Å². The molecule has 1 saturated heterocycles. The van der Waals surface area contributed by atoms with E-state index >= 15 is 0 Å². The van der Waals surface area contributed by atoms with E-state index in [1.807, 2.05) is 12.1 Å². The first-order valence-corrected chi connectivity index (χ1v) is 10.1. The predicted molar refractivity (Wildman–Crippen MR) is 109 cm³/mol. The lowest BCUT2D eigenvalue weighted by Crippen LogP contribution is -2.40. The molecule has 0 saturated carbocycles. The number of carbonyl (C=O) groups excluding carboxylic acids is 1. The number of halogens is 1. The number of amides is 2. The van der Waals surface area contributed by atoms with Crippen LogP contribution in [0.3, 0.4) is 0 Å². The SMILES string of the molecule is O=C(NCC1CCN(CCc2ccc(F)cc2)CC1)Nc1ccc2c(c1)OCO2. The van der Waals surface area contributed by atoms with Gasteiger partial charge in [-0.05, 0) is 68.1 Å². The molecule has 2 aliphatic rings. The van der Waals surface area contributed by atoms with Crippen LogP contribution in [0.15, 0.2) is 42.5 Å². The summed E-state index contributed by atoms with van der Waals surface area (Å²) in [6.07, 6.45) is 3.06. The van der Waals surface area contributed by atoms with E-state index in [1.165, 1.54) is 12.1 Å². The Morgan fingerprint density at radius 3 is 2.62 bits per heavy atom. The second kappa shape index (κ2) is 9.13. The maximum Gasteiger partial charge on any atom is 0.319 e. The highest BCUT2D eigenvalue weighted by Gasteiger charge is 2.20. The maximum atomic E-state index is 13.0. The minimum absolute atomic E-state index is 0.190. The molecule has 0 spiro atoms. The zero-order valence-electron chi connectivity index (χ0n) is 16.3. The number of hydrogen-bond acceptors (Lipinski definition) is 4. The summed E-state index contributed by atoms with van der Waals surface area (Å²) in [5, 5.41) is 5.81. The van der Waals surface area contributed by atoms with Crippen LogP contribution in [0.4, 0.5) is 14.9 Å². The molecular weight excluding hydrogens is 373 g/mol. The number of piperidine rings is 1. The van der Waals surface area contributed by atoms with Crippen LogP contribution in [0.5, 0.6) is 11.5 Å². The van der Waals surface area contributed by atoms with Crippen LogP contribution in [0.1, 0.15) is 18.4 Å². The molecule has 2 N–H and O–H groups in total. The van der Waals surface area contributed by atoms with Crippen LogP contribution < -0.4 is 20.1 Å². The topological polar surface area (TPSA) is 62.8 Å². The molecule has 2 aromatic carbocycles. The van der Waals surface area contributed by atoms with Crippen LogP contribution in [-0.2, 0) is 6.42 Å². The van der Waals surface area contributed by atoms with Crippen molar-refractivity contribution in [2.75, 3.05) is 38.3 Å². The van der Waals surface area contributed by atoms with Crippen LogP contribution in [-0.4, -0.2) is 43.9 Å². The van der Waals surface area contributed by atoms with Crippen molar-refractivity contribution in [1.29, 1.82) is 0 Å². The molecule has 0 aliphatic carbocycles. The third-order valence-corrected chi connectivity index (χ3v) is 5.52. The lowest BCUT2D eigenvalue weighted by atomic mass is 9.96. The average molecular weight is 399 g/mol. The van der Waals surface area contributed by atoms with Crippen molar-refractivity contribution in [2.24, 2.45) is 5.92 Å². The number of carbonyl (C=O) groups is 1. The molecule has 0 atom stereocenters. The van der Waals surface area contributed by atoms with E-state index in [-0.39, 0.29) is 18.6 Å². The zero-order valence-corrected chi connectivity index (χ0v) is 16.3. The molecule has 0 radical (unpaired) electrons. The number of ether oxygens (including phenoxy) is 2. The Bertz CT molecular complexity index is 836. The van der Waals surface area contributed by atoms with Crippen molar-refractivity contribution in [3.8, 4) is 11.5 Å². The summed E-state index contributed by atoms with van der Waals surface area (Å²) in [5.74, 6) is 1.64. The van der Waals surface area contributed by atoms with Gasteiger partial charge in [0.15, 0.2) is 11.5 Å². The molecule has 0 aromatic heterocycles. The highest BCUT2D eigenvalue weighted by atomic mass is 19.1.